The number of hydrogen-bond donors (Lipinski definition) is 1. The van der Waals surface area contributed by atoms with Gasteiger partial charge in [0.1, 0.15) is 5.60 Å². The Hall–Kier alpha value is -2.61. The van der Waals surface area contributed by atoms with E-state index in [1.807, 2.05) is 38.5 Å². The summed E-state index contributed by atoms with van der Waals surface area (Å²) in [6, 6.07) is 5.37. The number of hydrogen-bond acceptors (Lipinski definition) is 5. The Morgan fingerprint density at radius 1 is 1.26 bits per heavy atom. The number of methoxy groups -OCH3 is 1. The van der Waals surface area contributed by atoms with Crippen LogP contribution >= 0.6 is 0 Å². The molecule has 27 heavy (non-hydrogen) atoms. The smallest absolute Gasteiger partial charge is 0.410 e. The third-order valence-electron chi connectivity index (χ3n) is 3.87. The molecule has 2 amide bonds. The quantitative estimate of drug-likeness (QED) is 0.801. The zero-order valence-electron chi connectivity index (χ0n) is 16.6. The number of ether oxygens (including phenoxy) is 2. The van der Waals surface area contributed by atoms with Crippen LogP contribution in [0, 0.1) is 0 Å². The first-order valence-electron chi connectivity index (χ1n) is 8.87. The van der Waals surface area contributed by atoms with Crippen LogP contribution in [-0.4, -0.2) is 65.4 Å². The van der Waals surface area contributed by atoms with Gasteiger partial charge in [-0.15, -0.1) is 0 Å². The van der Waals surface area contributed by atoms with Crippen LogP contribution in [-0.2, 0) is 16.5 Å². The van der Waals surface area contributed by atoms with Gasteiger partial charge < -0.3 is 24.3 Å². The van der Waals surface area contributed by atoms with E-state index < -0.39 is 11.7 Å². The van der Waals surface area contributed by atoms with E-state index in [0.717, 1.165) is 11.0 Å². The maximum atomic E-state index is 12.4. The second-order valence-corrected chi connectivity index (χ2v) is 7.28. The highest BCUT2D eigenvalue weighted by atomic mass is 16.6. The SMILES string of the molecule is COCCN(CCNC(=O)c1ccc2c(c1)ncn2C)C(=O)OC(C)(C)C. The van der Waals surface area contributed by atoms with Crippen molar-refractivity contribution in [2.45, 2.75) is 26.4 Å². The minimum absolute atomic E-state index is 0.210. The summed E-state index contributed by atoms with van der Waals surface area (Å²) in [5, 5.41) is 2.83. The number of amides is 2. The normalized spacial score (nSPS) is 11.4. The van der Waals surface area contributed by atoms with Crippen molar-refractivity contribution in [2.24, 2.45) is 7.05 Å². The Bertz CT molecular complexity index is 795. The van der Waals surface area contributed by atoms with Crippen LogP contribution in [0.1, 0.15) is 31.1 Å². The number of nitrogens with zero attached hydrogens (tertiary/aromatic N) is 3. The van der Waals surface area contributed by atoms with E-state index in [1.165, 1.54) is 4.90 Å². The van der Waals surface area contributed by atoms with Gasteiger partial charge in [0.25, 0.3) is 5.91 Å². The number of nitrogens with one attached hydrogen (secondary N) is 1. The van der Waals surface area contributed by atoms with Gasteiger partial charge in [-0.1, -0.05) is 0 Å². The first kappa shape index (κ1) is 20.7. The Morgan fingerprint density at radius 2 is 2.00 bits per heavy atom. The van der Waals surface area contributed by atoms with Gasteiger partial charge in [0.15, 0.2) is 0 Å². The van der Waals surface area contributed by atoms with Gasteiger partial charge in [-0.25, -0.2) is 9.78 Å². The van der Waals surface area contributed by atoms with Crippen LogP contribution in [0.5, 0.6) is 0 Å². The van der Waals surface area contributed by atoms with Crippen LogP contribution < -0.4 is 5.32 Å². The third kappa shape index (κ3) is 5.96. The largest absolute Gasteiger partial charge is 0.444 e. The number of fused-ring (bicyclic) bond motifs is 1. The molecule has 1 heterocycles. The number of rotatable bonds is 7. The average molecular weight is 376 g/mol. The lowest BCUT2D eigenvalue weighted by Crippen LogP contribution is -2.42. The number of aromatic nitrogens is 2. The van der Waals surface area contributed by atoms with Gasteiger partial charge in [0.05, 0.1) is 24.0 Å². The molecule has 2 rings (SSSR count). The van der Waals surface area contributed by atoms with Gasteiger partial charge in [0, 0.05) is 39.4 Å². The van der Waals surface area contributed by atoms with Crippen molar-refractivity contribution in [1.82, 2.24) is 19.8 Å². The molecule has 0 atom stereocenters. The molecule has 148 valence electrons. The molecule has 0 unspecified atom stereocenters. The van der Waals surface area contributed by atoms with Crippen LogP contribution in [0.3, 0.4) is 0 Å². The van der Waals surface area contributed by atoms with E-state index in [9.17, 15) is 9.59 Å². The molecule has 1 N–H and O–H groups in total. The molecular weight excluding hydrogens is 348 g/mol. The van der Waals surface area contributed by atoms with Gasteiger partial charge >= 0.3 is 6.09 Å². The van der Waals surface area contributed by atoms with Gasteiger partial charge in [0.2, 0.25) is 0 Å². The second kappa shape index (κ2) is 8.85. The molecule has 0 aliphatic carbocycles. The number of carbonyl (C=O) groups is 2. The molecule has 0 saturated heterocycles. The number of imidazole rings is 1. The molecule has 0 radical (unpaired) electrons. The van der Waals surface area contributed by atoms with Crippen molar-refractivity contribution in [3.63, 3.8) is 0 Å². The molecular formula is C19H28N4O4. The molecule has 0 aliphatic heterocycles. The van der Waals surface area contributed by atoms with Crippen molar-refractivity contribution >= 4 is 23.0 Å². The van der Waals surface area contributed by atoms with Crippen LogP contribution in [0.25, 0.3) is 11.0 Å². The van der Waals surface area contributed by atoms with Crippen molar-refractivity contribution in [1.29, 1.82) is 0 Å². The molecule has 0 bridgehead atoms. The number of carbonyl (C=O) groups excluding carboxylic acids is 2. The molecule has 2 aromatic rings. The Balaban J connectivity index is 1.93. The summed E-state index contributed by atoms with van der Waals surface area (Å²) in [5.41, 5.74) is 1.67. The van der Waals surface area contributed by atoms with Crippen molar-refractivity contribution in [2.75, 3.05) is 33.4 Å². The minimum atomic E-state index is -0.580. The molecule has 1 aromatic carbocycles. The molecule has 0 fully saturated rings. The lowest BCUT2D eigenvalue weighted by molar-refractivity contribution is 0.0203. The third-order valence-corrected chi connectivity index (χ3v) is 3.87. The molecule has 8 nitrogen and oxygen atoms in total. The fraction of sp³-hybridized carbons (Fsp3) is 0.526. The topological polar surface area (TPSA) is 85.7 Å². The summed E-state index contributed by atoms with van der Waals surface area (Å²) in [7, 11) is 3.48. The first-order valence-corrected chi connectivity index (χ1v) is 8.87. The van der Waals surface area contributed by atoms with E-state index >= 15 is 0 Å². The zero-order chi connectivity index (χ0) is 20.0. The van der Waals surface area contributed by atoms with Crippen molar-refractivity contribution < 1.29 is 19.1 Å². The van der Waals surface area contributed by atoms with E-state index in [-0.39, 0.29) is 5.91 Å². The molecule has 0 saturated carbocycles. The Labute approximate surface area is 159 Å². The predicted molar refractivity (Wildman–Crippen MR) is 103 cm³/mol. The zero-order valence-corrected chi connectivity index (χ0v) is 16.6. The van der Waals surface area contributed by atoms with Crippen LogP contribution in [0.2, 0.25) is 0 Å². The highest BCUT2D eigenvalue weighted by molar-refractivity contribution is 5.97. The Kier molecular flexibility index (Phi) is 6.79. The summed E-state index contributed by atoms with van der Waals surface area (Å²) in [5.74, 6) is -0.210. The van der Waals surface area contributed by atoms with Crippen LogP contribution in [0.4, 0.5) is 4.79 Å². The van der Waals surface area contributed by atoms with E-state index in [2.05, 4.69) is 10.3 Å². The minimum Gasteiger partial charge on any atom is -0.444 e. The fourth-order valence-corrected chi connectivity index (χ4v) is 2.51. The second-order valence-electron chi connectivity index (χ2n) is 7.28. The lowest BCUT2D eigenvalue weighted by Gasteiger charge is -2.27. The summed E-state index contributed by atoms with van der Waals surface area (Å²) in [4.78, 5) is 30.5. The highest BCUT2D eigenvalue weighted by Gasteiger charge is 2.22. The molecule has 0 aliphatic rings. The van der Waals surface area contributed by atoms with E-state index in [1.54, 1.807) is 25.6 Å². The number of benzene rings is 1. The first-order chi connectivity index (χ1) is 12.7. The van der Waals surface area contributed by atoms with Crippen molar-refractivity contribution in [3.8, 4) is 0 Å². The summed E-state index contributed by atoms with van der Waals surface area (Å²) < 4.78 is 12.3. The van der Waals surface area contributed by atoms with Gasteiger partial charge in [-0.3, -0.25) is 4.79 Å². The average Bonchev–Trinajstić information content (AvgIpc) is 2.96. The Morgan fingerprint density at radius 3 is 2.67 bits per heavy atom. The van der Waals surface area contributed by atoms with Gasteiger partial charge in [-0.05, 0) is 39.0 Å². The summed E-state index contributed by atoms with van der Waals surface area (Å²) >= 11 is 0. The molecule has 8 heteroatoms. The van der Waals surface area contributed by atoms with Gasteiger partial charge in [-0.2, -0.15) is 0 Å². The van der Waals surface area contributed by atoms with Crippen LogP contribution in [0.15, 0.2) is 24.5 Å². The van der Waals surface area contributed by atoms with E-state index in [4.69, 9.17) is 9.47 Å². The summed E-state index contributed by atoms with van der Waals surface area (Å²) in [6.07, 6.45) is 1.28. The molecule has 0 spiro atoms. The number of aryl methyl sites for hydroxylation is 1. The fourth-order valence-electron chi connectivity index (χ4n) is 2.51. The molecule has 1 aromatic heterocycles. The lowest BCUT2D eigenvalue weighted by atomic mass is 10.2. The van der Waals surface area contributed by atoms with E-state index in [0.29, 0.717) is 31.8 Å². The van der Waals surface area contributed by atoms with Crippen molar-refractivity contribution in [3.05, 3.63) is 30.1 Å². The highest BCUT2D eigenvalue weighted by Crippen LogP contribution is 2.14. The predicted octanol–water partition coefficient (Wildman–Crippen LogP) is 2.19. The maximum absolute atomic E-state index is 12.4. The monoisotopic (exact) mass is 376 g/mol. The maximum Gasteiger partial charge on any atom is 0.410 e. The summed E-state index contributed by atoms with van der Waals surface area (Å²) in [6.45, 7) is 6.86. The standard InChI is InChI=1S/C19H28N4O4/c1-19(2,3)27-18(25)23(10-11-26-5)9-8-20-17(24)14-6-7-16-15(12-14)21-13-22(16)4/h6-7,12-13H,8-11H2,1-5H3,(H,20,24).